The zero-order valence-electron chi connectivity index (χ0n) is 9.40. The maximum atomic E-state index is 11.6. The SMILES string of the molecule is CC(C)C(O)CNC(=O)c1cccc(Cl)c1. The van der Waals surface area contributed by atoms with Crippen molar-refractivity contribution in [3.63, 3.8) is 0 Å². The molecule has 4 heteroatoms. The van der Waals surface area contributed by atoms with E-state index in [9.17, 15) is 9.90 Å². The summed E-state index contributed by atoms with van der Waals surface area (Å²) in [6, 6.07) is 6.71. The summed E-state index contributed by atoms with van der Waals surface area (Å²) in [5.74, 6) is -0.0955. The Balaban J connectivity index is 2.53. The van der Waals surface area contributed by atoms with Gasteiger partial charge in [0.2, 0.25) is 0 Å². The fourth-order valence-corrected chi connectivity index (χ4v) is 1.36. The molecule has 1 aromatic carbocycles. The van der Waals surface area contributed by atoms with Gasteiger partial charge in [-0.2, -0.15) is 0 Å². The number of hydrogen-bond acceptors (Lipinski definition) is 2. The zero-order chi connectivity index (χ0) is 12.1. The van der Waals surface area contributed by atoms with E-state index in [1.54, 1.807) is 24.3 Å². The fraction of sp³-hybridized carbons (Fsp3) is 0.417. The van der Waals surface area contributed by atoms with Gasteiger partial charge in [-0.15, -0.1) is 0 Å². The highest BCUT2D eigenvalue weighted by Gasteiger charge is 2.11. The zero-order valence-corrected chi connectivity index (χ0v) is 10.2. The van der Waals surface area contributed by atoms with Crippen LogP contribution in [-0.4, -0.2) is 23.7 Å². The molecule has 0 bridgehead atoms. The average Bonchev–Trinajstić information content (AvgIpc) is 2.25. The van der Waals surface area contributed by atoms with Crippen molar-refractivity contribution in [1.29, 1.82) is 0 Å². The van der Waals surface area contributed by atoms with Gasteiger partial charge in [-0.05, 0) is 24.1 Å². The maximum Gasteiger partial charge on any atom is 0.251 e. The second-order valence-corrected chi connectivity index (χ2v) is 4.47. The number of hydrogen-bond donors (Lipinski definition) is 2. The van der Waals surface area contributed by atoms with E-state index in [4.69, 9.17) is 11.6 Å². The minimum atomic E-state index is -0.525. The molecule has 0 spiro atoms. The van der Waals surface area contributed by atoms with Gasteiger partial charge in [0.25, 0.3) is 5.91 Å². The van der Waals surface area contributed by atoms with Gasteiger partial charge in [0, 0.05) is 17.1 Å². The molecule has 1 unspecified atom stereocenters. The Bertz CT molecular complexity index is 366. The second-order valence-electron chi connectivity index (χ2n) is 4.03. The summed E-state index contributed by atoms with van der Waals surface area (Å²) in [5.41, 5.74) is 0.503. The molecule has 0 aliphatic rings. The highest BCUT2D eigenvalue weighted by Crippen LogP contribution is 2.10. The van der Waals surface area contributed by atoms with Crippen LogP contribution in [0.2, 0.25) is 5.02 Å². The number of halogens is 1. The minimum absolute atomic E-state index is 0.125. The molecule has 0 aliphatic carbocycles. The minimum Gasteiger partial charge on any atom is -0.391 e. The maximum absolute atomic E-state index is 11.6. The average molecular weight is 242 g/mol. The topological polar surface area (TPSA) is 49.3 Å². The van der Waals surface area contributed by atoms with Crippen LogP contribution in [0.3, 0.4) is 0 Å². The number of rotatable bonds is 4. The quantitative estimate of drug-likeness (QED) is 0.848. The van der Waals surface area contributed by atoms with E-state index in [0.29, 0.717) is 10.6 Å². The van der Waals surface area contributed by atoms with Crippen LogP contribution in [0.1, 0.15) is 24.2 Å². The third-order valence-electron chi connectivity index (χ3n) is 2.33. The van der Waals surface area contributed by atoms with Crippen LogP contribution in [0.25, 0.3) is 0 Å². The van der Waals surface area contributed by atoms with E-state index in [0.717, 1.165) is 0 Å². The van der Waals surface area contributed by atoms with Crippen molar-refractivity contribution in [2.75, 3.05) is 6.54 Å². The van der Waals surface area contributed by atoms with Crippen LogP contribution in [0.5, 0.6) is 0 Å². The van der Waals surface area contributed by atoms with Gasteiger partial charge in [-0.1, -0.05) is 31.5 Å². The van der Waals surface area contributed by atoms with Gasteiger partial charge in [0.05, 0.1) is 6.10 Å². The predicted octanol–water partition coefficient (Wildman–Crippen LogP) is 2.09. The molecule has 1 amide bonds. The van der Waals surface area contributed by atoms with Crippen molar-refractivity contribution in [1.82, 2.24) is 5.32 Å². The first-order valence-electron chi connectivity index (χ1n) is 5.22. The molecule has 0 saturated heterocycles. The first-order chi connectivity index (χ1) is 7.50. The van der Waals surface area contributed by atoms with Crippen LogP contribution in [0, 0.1) is 5.92 Å². The highest BCUT2D eigenvalue weighted by molar-refractivity contribution is 6.30. The number of nitrogens with one attached hydrogen (secondary N) is 1. The number of amides is 1. The third kappa shape index (κ3) is 3.83. The molecular weight excluding hydrogens is 226 g/mol. The summed E-state index contributed by atoms with van der Waals surface area (Å²) >= 11 is 5.77. The summed E-state index contributed by atoms with van der Waals surface area (Å²) in [6.07, 6.45) is -0.525. The summed E-state index contributed by atoms with van der Waals surface area (Å²) in [6.45, 7) is 4.05. The number of carbonyl (C=O) groups is 1. The molecule has 0 aliphatic heterocycles. The molecule has 2 N–H and O–H groups in total. The Labute approximate surface area is 100 Å². The van der Waals surface area contributed by atoms with Gasteiger partial charge >= 0.3 is 0 Å². The molecule has 0 heterocycles. The van der Waals surface area contributed by atoms with Gasteiger partial charge in [0.15, 0.2) is 0 Å². The highest BCUT2D eigenvalue weighted by atomic mass is 35.5. The van der Waals surface area contributed by atoms with E-state index >= 15 is 0 Å². The summed E-state index contributed by atoms with van der Waals surface area (Å²) in [7, 11) is 0. The normalized spacial score (nSPS) is 12.6. The lowest BCUT2D eigenvalue weighted by Crippen LogP contribution is -2.34. The largest absolute Gasteiger partial charge is 0.391 e. The van der Waals surface area contributed by atoms with Crippen molar-refractivity contribution in [2.45, 2.75) is 20.0 Å². The van der Waals surface area contributed by atoms with Crippen LogP contribution in [0.4, 0.5) is 0 Å². The molecule has 1 aromatic rings. The number of aliphatic hydroxyl groups is 1. The van der Waals surface area contributed by atoms with E-state index in [1.165, 1.54) is 0 Å². The Morgan fingerprint density at radius 3 is 2.75 bits per heavy atom. The Morgan fingerprint density at radius 2 is 2.19 bits per heavy atom. The van der Waals surface area contributed by atoms with Crippen molar-refractivity contribution in [3.8, 4) is 0 Å². The molecule has 0 saturated carbocycles. The smallest absolute Gasteiger partial charge is 0.251 e. The molecule has 88 valence electrons. The van der Waals surface area contributed by atoms with Gasteiger partial charge in [-0.25, -0.2) is 0 Å². The molecule has 0 fully saturated rings. The summed E-state index contributed by atoms with van der Waals surface area (Å²) in [5, 5.41) is 12.7. The summed E-state index contributed by atoms with van der Waals surface area (Å²) < 4.78 is 0. The summed E-state index contributed by atoms with van der Waals surface area (Å²) in [4.78, 5) is 11.6. The van der Waals surface area contributed by atoms with Crippen molar-refractivity contribution in [2.24, 2.45) is 5.92 Å². The number of aliphatic hydroxyl groups excluding tert-OH is 1. The van der Waals surface area contributed by atoms with Gasteiger partial charge in [-0.3, -0.25) is 4.79 Å². The van der Waals surface area contributed by atoms with Gasteiger partial charge in [0.1, 0.15) is 0 Å². The molecule has 0 radical (unpaired) electrons. The molecule has 3 nitrogen and oxygen atoms in total. The second kappa shape index (κ2) is 5.87. The van der Waals surface area contributed by atoms with Gasteiger partial charge < -0.3 is 10.4 Å². The monoisotopic (exact) mass is 241 g/mol. The van der Waals surface area contributed by atoms with E-state index in [-0.39, 0.29) is 18.4 Å². The molecule has 1 atom stereocenters. The van der Waals surface area contributed by atoms with Crippen molar-refractivity contribution in [3.05, 3.63) is 34.9 Å². The lowest BCUT2D eigenvalue weighted by molar-refractivity contribution is 0.0871. The molecular formula is C12H16ClNO2. The first-order valence-corrected chi connectivity index (χ1v) is 5.60. The molecule has 16 heavy (non-hydrogen) atoms. The van der Waals surface area contributed by atoms with Crippen molar-refractivity contribution >= 4 is 17.5 Å². The lowest BCUT2D eigenvalue weighted by Gasteiger charge is -2.15. The fourth-order valence-electron chi connectivity index (χ4n) is 1.16. The Kier molecular flexibility index (Phi) is 4.77. The van der Waals surface area contributed by atoms with Crippen LogP contribution in [0.15, 0.2) is 24.3 Å². The third-order valence-corrected chi connectivity index (χ3v) is 2.56. The Morgan fingerprint density at radius 1 is 1.50 bits per heavy atom. The van der Waals surface area contributed by atoms with E-state index < -0.39 is 6.10 Å². The first kappa shape index (κ1) is 13.0. The number of carbonyl (C=O) groups excluding carboxylic acids is 1. The standard InChI is InChI=1S/C12H16ClNO2/c1-8(2)11(15)7-14-12(16)9-4-3-5-10(13)6-9/h3-6,8,11,15H,7H2,1-2H3,(H,14,16). The molecule has 0 aromatic heterocycles. The molecule has 1 rings (SSSR count). The van der Waals surface area contributed by atoms with Crippen LogP contribution >= 0.6 is 11.6 Å². The van der Waals surface area contributed by atoms with Crippen LogP contribution in [-0.2, 0) is 0 Å². The van der Waals surface area contributed by atoms with Crippen LogP contribution < -0.4 is 5.32 Å². The van der Waals surface area contributed by atoms with E-state index in [1.807, 2.05) is 13.8 Å². The Hall–Kier alpha value is -1.06. The lowest BCUT2D eigenvalue weighted by atomic mass is 10.1. The van der Waals surface area contributed by atoms with E-state index in [2.05, 4.69) is 5.32 Å². The van der Waals surface area contributed by atoms with Crippen molar-refractivity contribution < 1.29 is 9.90 Å². The predicted molar refractivity (Wildman–Crippen MR) is 64.6 cm³/mol. The number of benzene rings is 1.